The number of fused-ring (bicyclic) bond motifs is 1. The van der Waals surface area contributed by atoms with Crippen LogP contribution in [-0.4, -0.2) is 41.3 Å². The first-order valence-corrected chi connectivity index (χ1v) is 8.01. The summed E-state index contributed by atoms with van der Waals surface area (Å²) >= 11 is 0. The smallest absolute Gasteiger partial charge is 0.320 e. The predicted molar refractivity (Wildman–Crippen MR) is 90.4 cm³/mol. The fourth-order valence-corrected chi connectivity index (χ4v) is 2.78. The van der Waals surface area contributed by atoms with E-state index in [-0.39, 0.29) is 6.03 Å². The van der Waals surface area contributed by atoms with Gasteiger partial charge in [0.25, 0.3) is 0 Å². The van der Waals surface area contributed by atoms with Gasteiger partial charge in [-0.25, -0.2) is 9.79 Å². The van der Waals surface area contributed by atoms with Gasteiger partial charge in [0.05, 0.1) is 18.8 Å². The van der Waals surface area contributed by atoms with Crippen LogP contribution < -0.4 is 5.73 Å². The molecule has 2 rings (SSSR count). The molecule has 5 heteroatoms. The number of hydrogen-bond acceptors (Lipinski definition) is 3. The number of rotatable bonds is 4. The van der Waals surface area contributed by atoms with Crippen LogP contribution in [0.3, 0.4) is 0 Å². The third kappa shape index (κ3) is 3.78. The van der Waals surface area contributed by atoms with Crippen molar-refractivity contribution in [2.45, 2.75) is 40.2 Å². The van der Waals surface area contributed by atoms with Crippen LogP contribution in [0.1, 0.15) is 37.8 Å². The lowest BCUT2D eigenvalue weighted by Gasteiger charge is -2.29. The lowest BCUT2D eigenvalue weighted by molar-refractivity contribution is 0.157. The molecule has 1 heterocycles. The van der Waals surface area contributed by atoms with Crippen molar-refractivity contribution in [2.24, 2.45) is 10.7 Å². The van der Waals surface area contributed by atoms with Gasteiger partial charge in [0.15, 0.2) is 0 Å². The Balaban J connectivity index is 2.25. The van der Waals surface area contributed by atoms with Crippen LogP contribution in [0.4, 0.5) is 10.5 Å². The number of amides is 2. The first kappa shape index (κ1) is 16.3. The quantitative estimate of drug-likeness (QED) is 0.929. The topological polar surface area (TPSA) is 61.9 Å². The van der Waals surface area contributed by atoms with Crippen LogP contribution in [0.25, 0.3) is 0 Å². The normalized spacial score (nSPS) is 14.1. The second kappa shape index (κ2) is 7.29. The molecular formula is C17H26N4O. The van der Waals surface area contributed by atoms with Gasteiger partial charge in [-0.15, -0.1) is 0 Å². The van der Waals surface area contributed by atoms with E-state index in [9.17, 15) is 4.79 Å². The second-order valence-electron chi connectivity index (χ2n) is 5.86. The van der Waals surface area contributed by atoms with Gasteiger partial charge < -0.3 is 15.5 Å². The maximum absolute atomic E-state index is 12.8. The van der Waals surface area contributed by atoms with Crippen molar-refractivity contribution in [2.75, 3.05) is 19.6 Å². The largest absolute Gasteiger partial charge is 0.386 e. The Morgan fingerprint density at radius 3 is 2.59 bits per heavy atom. The first-order valence-electron chi connectivity index (χ1n) is 8.01. The van der Waals surface area contributed by atoms with Crippen LogP contribution in [0.2, 0.25) is 0 Å². The van der Waals surface area contributed by atoms with Gasteiger partial charge >= 0.3 is 6.03 Å². The molecule has 2 N–H and O–H groups in total. The van der Waals surface area contributed by atoms with Crippen molar-refractivity contribution in [1.82, 2.24) is 9.80 Å². The van der Waals surface area contributed by atoms with Gasteiger partial charge in [0.1, 0.15) is 5.84 Å². The summed E-state index contributed by atoms with van der Waals surface area (Å²) < 4.78 is 0. The third-order valence-corrected chi connectivity index (χ3v) is 3.74. The molecule has 0 radical (unpaired) electrons. The molecule has 1 aromatic carbocycles. The van der Waals surface area contributed by atoms with E-state index < -0.39 is 0 Å². The number of amidine groups is 1. The standard InChI is InChI=1S/C17H26N4O/c1-4-8-20(9-5-2)17(22)21-11-14-10-13(3)6-7-15(14)19-16(18)12-21/h6-7,10H,4-5,8-9,11-12H2,1-3H3,(H2,18,19). The molecule has 2 amide bonds. The van der Waals surface area contributed by atoms with Crippen molar-refractivity contribution in [3.05, 3.63) is 29.3 Å². The van der Waals surface area contributed by atoms with Crippen molar-refractivity contribution in [1.29, 1.82) is 0 Å². The van der Waals surface area contributed by atoms with Crippen LogP contribution in [0.15, 0.2) is 23.2 Å². The number of aryl methyl sites for hydroxylation is 1. The Bertz CT molecular complexity index is 562. The molecule has 120 valence electrons. The fourth-order valence-electron chi connectivity index (χ4n) is 2.78. The molecule has 0 saturated carbocycles. The molecule has 22 heavy (non-hydrogen) atoms. The van der Waals surface area contributed by atoms with E-state index in [1.54, 1.807) is 4.90 Å². The second-order valence-corrected chi connectivity index (χ2v) is 5.86. The summed E-state index contributed by atoms with van der Waals surface area (Å²) in [7, 11) is 0. The van der Waals surface area contributed by atoms with Crippen LogP contribution in [0, 0.1) is 6.92 Å². The molecule has 1 aliphatic heterocycles. The van der Waals surface area contributed by atoms with E-state index in [0.717, 1.165) is 37.2 Å². The highest BCUT2D eigenvalue weighted by Crippen LogP contribution is 2.25. The molecule has 0 unspecified atom stereocenters. The van der Waals surface area contributed by atoms with E-state index in [0.29, 0.717) is 18.9 Å². The van der Waals surface area contributed by atoms with Crippen molar-refractivity contribution >= 4 is 17.6 Å². The number of carbonyl (C=O) groups excluding carboxylic acids is 1. The molecule has 0 bridgehead atoms. The molecular weight excluding hydrogens is 276 g/mol. The zero-order chi connectivity index (χ0) is 16.1. The number of aliphatic imine (C=N–C) groups is 1. The van der Waals surface area contributed by atoms with Crippen molar-refractivity contribution < 1.29 is 4.79 Å². The summed E-state index contributed by atoms with van der Waals surface area (Å²) in [6.07, 6.45) is 1.91. The lowest BCUT2D eigenvalue weighted by atomic mass is 10.1. The number of hydrogen-bond donors (Lipinski definition) is 1. The third-order valence-electron chi connectivity index (χ3n) is 3.74. The Labute approximate surface area is 132 Å². The van der Waals surface area contributed by atoms with E-state index in [4.69, 9.17) is 5.73 Å². The molecule has 0 atom stereocenters. The molecule has 0 saturated heterocycles. The SMILES string of the molecule is CCCN(CCC)C(=O)N1CC(N)=Nc2ccc(C)cc2C1. The molecule has 0 fully saturated rings. The average Bonchev–Trinajstić information content (AvgIpc) is 2.64. The van der Waals surface area contributed by atoms with Crippen LogP contribution in [-0.2, 0) is 6.54 Å². The van der Waals surface area contributed by atoms with Gasteiger partial charge in [0.2, 0.25) is 0 Å². The van der Waals surface area contributed by atoms with E-state index >= 15 is 0 Å². The first-order chi connectivity index (χ1) is 10.5. The number of benzene rings is 1. The molecule has 1 aliphatic rings. The summed E-state index contributed by atoms with van der Waals surface area (Å²) in [5.41, 5.74) is 9.10. The molecule has 0 aliphatic carbocycles. The van der Waals surface area contributed by atoms with Crippen LogP contribution in [0.5, 0.6) is 0 Å². The number of carbonyl (C=O) groups is 1. The van der Waals surface area contributed by atoms with Gasteiger partial charge in [-0.2, -0.15) is 0 Å². The van der Waals surface area contributed by atoms with Crippen molar-refractivity contribution in [3.8, 4) is 0 Å². The highest BCUT2D eigenvalue weighted by molar-refractivity contribution is 5.89. The Morgan fingerprint density at radius 2 is 1.95 bits per heavy atom. The summed E-state index contributed by atoms with van der Waals surface area (Å²) in [5, 5.41) is 0. The molecule has 1 aromatic rings. The minimum Gasteiger partial charge on any atom is -0.386 e. The maximum atomic E-state index is 12.8. The summed E-state index contributed by atoms with van der Waals surface area (Å²) in [6.45, 7) is 8.73. The lowest BCUT2D eigenvalue weighted by Crippen LogP contribution is -2.46. The Morgan fingerprint density at radius 1 is 1.27 bits per heavy atom. The minimum atomic E-state index is 0.0520. The fraction of sp³-hybridized carbons (Fsp3) is 0.529. The predicted octanol–water partition coefficient (Wildman–Crippen LogP) is 3.04. The zero-order valence-electron chi connectivity index (χ0n) is 13.8. The highest BCUT2D eigenvalue weighted by atomic mass is 16.2. The summed E-state index contributed by atoms with van der Waals surface area (Å²) in [4.78, 5) is 21.0. The van der Waals surface area contributed by atoms with E-state index in [2.05, 4.69) is 24.9 Å². The monoisotopic (exact) mass is 302 g/mol. The number of nitrogens with two attached hydrogens (primary N) is 1. The molecule has 0 spiro atoms. The Hall–Kier alpha value is -2.04. The zero-order valence-corrected chi connectivity index (χ0v) is 13.8. The highest BCUT2D eigenvalue weighted by Gasteiger charge is 2.24. The summed E-state index contributed by atoms with van der Waals surface area (Å²) in [6, 6.07) is 6.13. The van der Waals surface area contributed by atoms with E-state index in [1.165, 1.54) is 5.56 Å². The number of nitrogens with zero attached hydrogens (tertiary/aromatic N) is 3. The van der Waals surface area contributed by atoms with Gasteiger partial charge in [-0.3, -0.25) is 0 Å². The number of urea groups is 1. The average molecular weight is 302 g/mol. The van der Waals surface area contributed by atoms with Crippen molar-refractivity contribution in [3.63, 3.8) is 0 Å². The maximum Gasteiger partial charge on any atom is 0.320 e. The van der Waals surface area contributed by atoms with E-state index in [1.807, 2.05) is 24.0 Å². The summed E-state index contributed by atoms with van der Waals surface area (Å²) in [5.74, 6) is 0.490. The van der Waals surface area contributed by atoms with Gasteiger partial charge in [-0.05, 0) is 31.4 Å². The Kier molecular flexibility index (Phi) is 5.41. The molecule has 5 nitrogen and oxygen atoms in total. The molecule has 0 aromatic heterocycles. The van der Waals surface area contributed by atoms with Crippen LogP contribution >= 0.6 is 0 Å². The van der Waals surface area contributed by atoms with Gasteiger partial charge in [0, 0.05) is 13.1 Å². The van der Waals surface area contributed by atoms with Gasteiger partial charge in [-0.1, -0.05) is 31.5 Å². The minimum absolute atomic E-state index is 0.0520.